The summed E-state index contributed by atoms with van der Waals surface area (Å²) in [5.74, 6) is 2.49. The molecular weight excluding hydrogens is 214 g/mol. The molecule has 1 fully saturated rings. The van der Waals surface area contributed by atoms with Gasteiger partial charge in [-0.2, -0.15) is 4.98 Å². The monoisotopic (exact) mass is 231 g/mol. The van der Waals surface area contributed by atoms with Gasteiger partial charge in [0.25, 0.3) is 0 Å². The summed E-state index contributed by atoms with van der Waals surface area (Å²) in [6, 6.07) is 0. The molecule has 0 bridgehead atoms. The lowest BCUT2D eigenvalue weighted by atomic mass is 9.98. The van der Waals surface area contributed by atoms with Crippen molar-refractivity contribution in [1.29, 1.82) is 0 Å². The van der Waals surface area contributed by atoms with Crippen LogP contribution in [0.3, 0.4) is 0 Å². The smallest absolute Gasteiger partial charge is 0.229 e. The van der Waals surface area contributed by atoms with Crippen molar-refractivity contribution in [1.82, 2.24) is 15.5 Å². The lowest BCUT2D eigenvalue weighted by Crippen LogP contribution is -2.27. The van der Waals surface area contributed by atoms with Gasteiger partial charge in [0.1, 0.15) is 0 Å². The first kappa shape index (κ1) is 12.5. The minimum atomic E-state index is 0. The molecule has 5 heteroatoms. The molecule has 1 aliphatic rings. The van der Waals surface area contributed by atoms with E-state index in [0.29, 0.717) is 11.8 Å². The van der Waals surface area contributed by atoms with Crippen LogP contribution >= 0.6 is 12.4 Å². The highest BCUT2D eigenvalue weighted by atomic mass is 35.5. The zero-order valence-corrected chi connectivity index (χ0v) is 10.0. The molecule has 0 unspecified atom stereocenters. The number of hydrogen-bond acceptors (Lipinski definition) is 4. The summed E-state index contributed by atoms with van der Waals surface area (Å²) in [7, 11) is 0. The molecule has 0 spiro atoms. The van der Waals surface area contributed by atoms with E-state index in [1.807, 2.05) is 0 Å². The molecule has 2 heterocycles. The van der Waals surface area contributed by atoms with E-state index in [2.05, 4.69) is 29.3 Å². The topological polar surface area (TPSA) is 51.0 Å². The number of piperidine rings is 1. The van der Waals surface area contributed by atoms with E-state index in [1.54, 1.807) is 0 Å². The number of hydrogen-bond donors (Lipinski definition) is 1. The van der Waals surface area contributed by atoms with E-state index in [-0.39, 0.29) is 12.4 Å². The van der Waals surface area contributed by atoms with Crippen LogP contribution in [0.2, 0.25) is 0 Å². The van der Waals surface area contributed by atoms with E-state index in [4.69, 9.17) is 4.52 Å². The van der Waals surface area contributed by atoms with Crippen molar-refractivity contribution in [3.63, 3.8) is 0 Å². The summed E-state index contributed by atoms with van der Waals surface area (Å²) in [6.07, 6.45) is 2.24. The number of nitrogens with one attached hydrogen (secondary N) is 1. The minimum Gasteiger partial charge on any atom is -0.339 e. The molecule has 0 atom stereocenters. The third-order valence-electron chi connectivity index (χ3n) is 2.66. The Hall–Kier alpha value is -0.610. The number of rotatable bonds is 2. The van der Waals surface area contributed by atoms with Gasteiger partial charge in [0, 0.05) is 11.8 Å². The first-order chi connectivity index (χ1) is 6.77. The predicted molar refractivity (Wildman–Crippen MR) is 60.5 cm³/mol. The van der Waals surface area contributed by atoms with Gasteiger partial charge >= 0.3 is 0 Å². The van der Waals surface area contributed by atoms with Crippen molar-refractivity contribution >= 4 is 12.4 Å². The van der Waals surface area contributed by atoms with Crippen LogP contribution in [0.4, 0.5) is 0 Å². The lowest BCUT2D eigenvalue weighted by Gasteiger charge is -2.18. The molecule has 1 aliphatic heterocycles. The second kappa shape index (κ2) is 5.47. The fourth-order valence-electron chi connectivity index (χ4n) is 1.73. The Morgan fingerprint density at radius 1 is 1.33 bits per heavy atom. The summed E-state index contributed by atoms with van der Waals surface area (Å²) in [6.45, 7) is 6.27. The fraction of sp³-hybridized carbons (Fsp3) is 0.800. The molecule has 0 aliphatic carbocycles. The summed E-state index contributed by atoms with van der Waals surface area (Å²) < 4.78 is 5.20. The van der Waals surface area contributed by atoms with Crippen LogP contribution in [-0.4, -0.2) is 23.2 Å². The van der Waals surface area contributed by atoms with E-state index < -0.39 is 0 Å². The molecule has 2 rings (SSSR count). The summed E-state index contributed by atoms with van der Waals surface area (Å²) in [4.78, 5) is 4.43. The van der Waals surface area contributed by atoms with Gasteiger partial charge < -0.3 is 9.84 Å². The van der Waals surface area contributed by atoms with Crippen LogP contribution in [0.1, 0.15) is 50.2 Å². The van der Waals surface area contributed by atoms with Gasteiger partial charge in [0.2, 0.25) is 5.89 Å². The maximum Gasteiger partial charge on any atom is 0.229 e. The highest BCUT2D eigenvalue weighted by molar-refractivity contribution is 5.85. The second-order valence-electron chi connectivity index (χ2n) is 4.17. The molecule has 1 saturated heterocycles. The van der Waals surface area contributed by atoms with Crippen molar-refractivity contribution in [2.45, 2.75) is 38.5 Å². The molecule has 1 aromatic rings. The Labute approximate surface area is 96.2 Å². The van der Waals surface area contributed by atoms with Gasteiger partial charge in [-0.25, -0.2) is 0 Å². The fourth-order valence-corrected chi connectivity index (χ4v) is 1.73. The maximum atomic E-state index is 5.20. The third-order valence-corrected chi connectivity index (χ3v) is 2.66. The number of aromatic nitrogens is 2. The average molecular weight is 232 g/mol. The van der Waals surface area contributed by atoms with Gasteiger partial charge in [0.15, 0.2) is 5.82 Å². The minimum absolute atomic E-state index is 0. The second-order valence-corrected chi connectivity index (χ2v) is 4.17. The van der Waals surface area contributed by atoms with Gasteiger partial charge in [0.05, 0.1) is 0 Å². The average Bonchev–Trinajstić information content (AvgIpc) is 2.68. The Morgan fingerprint density at radius 2 is 2.00 bits per heavy atom. The molecule has 1 N–H and O–H groups in total. The Balaban J connectivity index is 0.00000112. The van der Waals surface area contributed by atoms with Gasteiger partial charge in [-0.05, 0) is 25.9 Å². The lowest BCUT2D eigenvalue weighted by molar-refractivity contribution is 0.351. The van der Waals surface area contributed by atoms with Crippen molar-refractivity contribution in [2.24, 2.45) is 0 Å². The molecule has 4 nitrogen and oxygen atoms in total. The summed E-state index contributed by atoms with van der Waals surface area (Å²) in [5, 5.41) is 7.38. The SMILES string of the molecule is CC(C)c1nc(C2CCNCC2)no1.Cl. The van der Waals surface area contributed by atoms with Gasteiger partial charge in [-0.3, -0.25) is 0 Å². The van der Waals surface area contributed by atoms with Crippen molar-refractivity contribution in [3.8, 4) is 0 Å². The zero-order valence-electron chi connectivity index (χ0n) is 9.19. The third kappa shape index (κ3) is 2.92. The molecule has 1 aromatic heterocycles. The maximum absolute atomic E-state index is 5.20. The highest BCUT2D eigenvalue weighted by Crippen LogP contribution is 2.23. The molecule has 0 amide bonds. The number of nitrogens with zero attached hydrogens (tertiary/aromatic N) is 2. The summed E-state index contributed by atoms with van der Waals surface area (Å²) >= 11 is 0. The predicted octanol–water partition coefficient (Wildman–Crippen LogP) is 2.08. The largest absolute Gasteiger partial charge is 0.339 e. The first-order valence-electron chi connectivity index (χ1n) is 5.31. The highest BCUT2D eigenvalue weighted by Gasteiger charge is 2.21. The van der Waals surface area contributed by atoms with Gasteiger partial charge in [-0.1, -0.05) is 19.0 Å². The molecule has 86 valence electrons. The zero-order chi connectivity index (χ0) is 9.97. The van der Waals surface area contributed by atoms with Crippen molar-refractivity contribution in [3.05, 3.63) is 11.7 Å². The van der Waals surface area contributed by atoms with Gasteiger partial charge in [-0.15, -0.1) is 12.4 Å². The summed E-state index contributed by atoms with van der Waals surface area (Å²) in [5.41, 5.74) is 0. The van der Waals surface area contributed by atoms with E-state index >= 15 is 0 Å². The quantitative estimate of drug-likeness (QED) is 0.847. The molecular formula is C10H18ClN3O. The normalized spacial score (nSPS) is 17.8. The molecule has 15 heavy (non-hydrogen) atoms. The van der Waals surface area contributed by atoms with E-state index in [1.165, 1.54) is 0 Å². The van der Waals surface area contributed by atoms with Crippen LogP contribution in [-0.2, 0) is 0 Å². The van der Waals surface area contributed by atoms with E-state index in [0.717, 1.165) is 37.6 Å². The van der Waals surface area contributed by atoms with Crippen LogP contribution in [0.15, 0.2) is 4.52 Å². The van der Waals surface area contributed by atoms with Crippen molar-refractivity contribution < 1.29 is 4.52 Å². The first-order valence-corrected chi connectivity index (χ1v) is 5.31. The van der Waals surface area contributed by atoms with Crippen LogP contribution in [0.25, 0.3) is 0 Å². The molecule has 0 radical (unpaired) electrons. The standard InChI is InChI=1S/C10H17N3O.ClH/c1-7(2)10-12-9(13-14-10)8-3-5-11-6-4-8;/h7-8,11H,3-6H2,1-2H3;1H. The Morgan fingerprint density at radius 3 is 2.53 bits per heavy atom. The molecule has 0 saturated carbocycles. The Kier molecular flexibility index (Phi) is 4.54. The van der Waals surface area contributed by atoms with Crippen LogP contribution in [0, 0.1) is 0 Å². The van der Waals surface area contributed by atoms with Crippen molar-refractivity contribution in [2.75, 3.05) is 13.1 Å². The van der Waals surface area contributed by atoms with E-state index in [9.17, 15) is 0 Å². The van der Waals surface area contributed by atoms with Crippen LogP contribution < -0.4 is 5.32 Å². The molecule has 0 aromatic carbocycles. The van der Waals surface area contributed by atoms with Crippen LogP contribution in [0.5, 0.6) is 0 Å². The number of halogens is 1. The Bertz CT molecular complexity index is 295.